The van der Waals surface area contributed by atoms with Gasteiger partial charge < -0.3 is 10.2 Å². The second kappa shape index (κ2) is 12.4. The number of amides is 2. The molecule has 196 valence electrons. The van der Waals surface area contributed by atoms with E-state index in [1.165, 1.54) is 66.4 Å². The fraction of sp³-hybridized carbons (Fsp3) is 0.231. The molecule has 0 aliphatic rings. The van der Waals surface area contributed by atoms with Crippen molar-refractivity contribution in [1.82, 2.24) is 10.2 Å². The van der Waals surface area contributed by atoms with Gasteiger partial charge in [-0.15, -0.1) is 0 Å². The summed E-state index contributed by atoms with van der Waals surface area (Å²) in [5, 5.41) is 2.99. The largest absolute Gasteiger partial charge is 0.355 e. The SMILES string of the molecule is CCNC(=O)[C@H](C)N(Cc1ccc(F)cc1)C(=O)CN(c1ccc(Cl)cc1Cl)S(=O)(=O)c1ccccc1. The summed E-state index contributed by atoms with van der Waals surface area (Å²) in [4.78, 5) is 27.6. The maximum absolute atomic E-state index is 13.7. The maximum Gasteiger partial charge on any atom is 0.264 e. The molecular weight excluding hydrogens is 540 g/mol. The summed E-state index contributed by atoms with van der Waals surface area (Å²) in [5.41, 5.74) is 0.614. The van der Waals surface area contributed by atoms with E-state index >= 15 is 0 Å². The van der Waals surface area contributed by atoms with Crippen LogP contribution in [0, 0.1) is 5.82 Å². The molecule has 0 spiro atoms. The van der Waals surface area contributed by atoms with Crippen molar-refractivity contribution >= 4 is 50.7 Å². The quantitative estimate of drug-likeness (QED) is 0.379. The van der Waals surface area contributed by atoms with Gasteiger partial charge in [-0.1, -0.05) is 53.5 Å². The Morgan fingerprint density at radius 1 is 1.00 bits per heavy atom. The van der Waals surface area contributed by atoms with Gasteiger partial charge in [0, 0.05) is 18.1 Å². The Morgan fingerprint density at radius 3 is 2.24 bits per heavy atom. The molecule has 3 aromatic carbocycles. The first-order valence-electron chi connectivity index (χ1n) is 11.4. The van der Waals surface area contributed by atoms with E-state index in [1.807, 2.05) is 0 Å². The number of hydrogen-bond acceptors (Lipinski definition) is 4. The molecule has 0 bridgehead atoms. The zero-order valence-electron chi connectivity index (χ0n) is 20.2. The Hall–Kier alpha value is -3.14. The van der Waals surface area contributed by atoms with Crippen molar-refractivity contribution in [2.24, 2.45) is 0 Å². The molecule has 11 heteroatoms. The minimum absolute atomic E-state index is 0.0293. The van der Waals surface area contributed by atoms with Crippen LogP contribution in [0.2, 0.25) is 10.0 Å². The average Bonchev–Trinajstić information content (AvgIpc) is 2.87. The zero-order valence-corrected chi connectivity index (χ0v) is 22.5. The highest BCUT2D eigenvalue weighted by Crippen LogP contribution is 2.33. The first kappa shape index (κ1) is 28.4. The predicted octanol–water partition coefficient (Wildman–Crippen LogP) is 4.88. The van der Waals surface area contributed by atoms with Crippen molar-refractivity contribution < 1.29 is 22.4 Å². The molecule has 0 aliphatic carbocycles. The minimum atomic E-state index is -4.24. The van der Waals surface area contributed by atoms with Crippen LogP contribution >= 0.6 is 23.2 Å². The van der Waals surface area contributed by atoms with Gasteiger partial charge in [0.25, 0.3) is 10.0 Å². The van der Waals surface area contributed by atoms with Crippen molar-refractivity contribution in [2.75, 3.05) is 17.4 Å². The predicted molar refractivity (Wildman–Crippen MR) is 143 cm³/mol. The van der Waals surface area contributed by atoms with Crippen LogP contribution in [-0.2, 0) is 26.2 Å². The smallest absolute Gasteiger partial charge is 0.264 e. The van der Waals surface area contributed by atoms with Crippen LogP contribution in [0.1, 0.15) is 19.4 Å². The van der Waals surface area contributed by atoms with Crippen LogP contribution in [0.5, 0.6) is 0 Å². The Morgan fingerprint density at radius 2 is 1.65 bits per heavy atom. The number of carbonyl (C=O) groups is 2. The molecular formula is C26H26Cl2FN3O4S. The molecule has 0 unspecified atom stereocenters. The van der Waals surface area contributed by atoms with Crippen LogP contribution < -0.4 is 9.62 Å². The average molecular weight is 566 g/mol. The van der Waals surface area contributed by atoms with Gasteiger partial charge in [-0.3, -0.25) is 13.9 Å². The molecule has 3 rings (SSSR count). The van der Waals surface area contributed by atoms with E-state index < -0.39 is 40.2 Å². The molecule has 0 saturated heterocycles. The lowest BCUT2D eigenvalue weighted by atomic mass is 10.1. The summed E-state index contributed by atoms with van der Waals surface area (Å²) in [7, 11) is -4.24. The van der Waals surface area contributed by atoms with Crippen LogP contribution in [0.25, 0.3) is 0 Å². The number of carbonyl (C=O) groups excluding carboxylic acids is 2. The van der Waals surface area contributed by atoms with Gasteiger partial charge in [-0.05, 0) is 61.9 Å². The molecule has 0 radical (unpaired) electrons. The zero-order chi connectivity index (χ0) is 27.2. The van der Waals surface area contributed by atoms with Crippen molar-refractivity contribution in [2.45, 2.75) is 31.3 Å². The molecule has 0 heterocycles. The third-order valence-corrected chi connectivity index (χ3v) is 7.88. The van der Waals surface area contributed by atoms with E-state index in [2.05, 4.69) is 5.32 Å². The summed E-state index contributed by atoms with van der Waals surface area (Å²) in [5.74, 6) is -1.52. The number of nitrogens with zero attached hydrogens (tertiary/aromatic N) is 2. The molecule has 0 aliphatic heterocycles. The number of anilines is 1. The number of rotatable bonds is 10. The fourth-order valence-corrected chi connectivity index (χ4v) is 5.62. The van der Waals surface area contributed by atoms with E-state index in [0.717, 1.165) is 4.31 Å². The van der Waals surface area contributed by atoms with Crippen LogP contribution in [-0.4, -0.2) is 44.3 Å². The van der Waals surface area contributed by atoms with Crippen molar-refractivity contribution in [3.63, 3.8) is 0 Å². The highest BCUT2D eigenvalue weighted by atomic mass is 35.5. The maximum atomic E-state index is 13.7. The molecule has 0 fully saturated rings. The molecule has 37 heavy (non-hydrogen) atoms. The van der Waals surface area contributed by atoms with Gasteiger partial charge in [0.15, 0.2) is 0 Å². The van der Waals surface area contributed by atoms with Crippen molar-refractivity contribution in [1.29, 1.82) is 0 Å². The summed E-state index contributed by atoms with van der Waals surface area (Å²) in [6.07, 6.45) is 0. The Balaban J connectivity index is 2.04. The fourth-order valence-electron chi connectivity index (χ4n) is 3.61. The van der Waals surface area contributed by atoms with E-state index in [0.29, 0.717) is 17.1 Å². The van der Waals surface area contributed by atoms with Gasteiger partial charge in [0.05, 0.1) is 15.6 Å². The summed E-state index contributed by atoms with van der Waals surface area (Å²) >= 11 is 12.4. The lowest BCUT2D eigenvalue weighted by molar-refractivity contribution is -0.139. The van der Waals surface area contributed by atoms with Crippen LogP contribution in [0.3, 0.4) is 0 Å². The lowest BCUT2D eigenvalue weighted by Gasteiger charge is -2.32. The van der Waals surface area contributed by atoms with Gasteiger partial charge in [-0.25, -0.2) is 12.8 Å². The van der Waals surface area contributed by atoms with Gasteiger partial charge >= 0.3 is 0 Å². The third kappa shape index (κ3) is 7.00. The third-order valence-electron chi connectivity index (χ3n) is 5.57. The van der Waals surface area contributed by atoms with E-state index in [-0.39, 0.29) is 22.2 Å². The van der Waals surface area contributed by atoms with E-state index in [1.54, 1.807) is 25.1 Å². The van der Waals surface area contributed by atoms with E-state index in [4.69, 9.17) is 23.2 Å². The topological polar surface area (TPSA) is 86.8 Å². The second-order valence-electron chi connectivity index (χ2n) is 8.14. The van der Waals surface area contributed by atoms with Gasteiger partial charge in [-0.2, -0.15) is 0 Å². The Bertz CT molecular complexity index is 1360. The summed E-state index contributed by atoms with van der Waals surface area (Å²) in [6, 6.07) is 16.4. The van der Waals surface area contributed by atoms with Crippen LogP contribution in [0.4, 0.5) is 10.1 Å². The van der Waals surface area contributed by atoms with E-state index in [9.17, 15) is 22.4 Å². The lowest BCUT2D eigenvalue weighted by Crippen LogP contribution is -2.51. The second-order valence-corrected chi connectivity index (χ2v) is 10.8. The summed E-state index contributed by atoms with van der Waals surface area (Å²) < 4.78 is 41.7. The highest BCUT2D eigenvalue weighted by Gasteiger charge is 2.33. The normalized spacial score (nSPS) is 12.0. The van der Waals surface area contributed by atoms with Crippen molar-refractivity contribution in [3.8, 4) is 0 Å². The van der Waals surface area contributed by atoms with Crippen LogP contribution in [0.15, 0.2) is 77.7 Å². The molecule has 7 nitrogen and oxygen atoms in total. The number of benzene rings is 3. The monoisotopic (exact) mass is 565 g/mol. The molecule has 1 atom stereocenters. The minimum Gasteiger partial charge on any atom is -0.355 e. The molecule has 0 aromatic heterocycles. The first-order chi connectivity index (χ1) is 17.5. The van der Waals surface area contributed by atoms with Crippen molar-refractivity contribution in [3.05, 3.63) is 94.2 Å². The summed E-state index contributed by atoms with van der Waals surface area (Å²) in [6.45, 7) is 2.93. The Labute approximate surface area is 225 Å². The number of hydrogen-bond donors (Lipinski definition) is 1. The molecule has 3 aromatic rings. The molecule has 2 amide bonds. The van der Waals surface area contributed by atoms with Gasteiger partial charge in [0.2, 0.25) is 11.8 Å². The Kier molecular flexibility index (Phi) is 9.53. The first-order valence-corrected chi connectivity index (χ1v) is 13.6. The number of likely N-dealkylation sites (N-methyl/N-ethyl adjacent to an activating group) is 1. The standard InChI is InChI=1S/C26H26Cl2FN3O4S/c1-3-30-26(34)18(2)31(16-19-9-12-21(29)13-10-19)25(33)17-32(24-14-11-20(27)15-23(24)28)37(35,36)22-7-5-4-6-8-22/h4-15,18H,3,16-17H2,1-2H3,(H,30,34)/t18-/m0/s1. The molecule has 0 saturated carbocycles. The van der Waals surface area contributed by atoms with Gasteiger partial charge in [0.1, 0.15) is 18.4 Å². The number of nitrogens with one attached hydrogen (secondary N) is 1. The highest BCUT2D eigenvalue weighted by molar-refractivity contribution is 7.92. The number of sulfonamides is 1. The molecule has 1 N–H and O–H groups in total. The number of halogens is 3.